The molecule has 0 spiro atoms. The van der Waals surface area contributed by atoms with Gasteiger partial charge < -0.3 is 13.7 Å². The van der Waals surface area contributed by atoms with Crippen LogP contribution in [0.1, 0.15) is 5.56 Å². The number of aromatic nitrogens is 1. The van der Waals surface area contributed by atoms with E-state index in [1.807, 2.05) is 42.5 Å². The van der Waals surface area contributed by atoms with Gasteiger partial charge in [0.25, 0.3) is 0 Å². The molecule has 0 atom stereocenters. The van der Waals surface area contributed by atoms with Crippen LogP contribution in [0.4, 0.5) is 0 Å². The van der Waals surface area contributed by atoms with Crippen molar-refractivity contribution in [2.45, 2.75) is 6.61 Å². The maximum atomic E-state index is 12.2. The highest BCUT2D eigenvalue weighted by Gasteiger charge is 2.26. The summed E-state index contributed by atoms with van der Waals surface area (Å²) in [5.41, 5.74) is 3.99. The Morgan fingerprint density at radius 2 is 1.92 bits per heavy atom. The second-order valence-electron chi connectivity index (χ2n) is 5.64. The van der Waals surface area contributed by atoms with Crippen molar-refractivity contribution in [3.05, 3.63) is 70.8 Å². The van der Waals surface area contributed by atoms with Gasteiger partial charge in [-0.05, 0) is 23.3 Å². The van der Waals surface area contributed by atoms with Crippen molar-refractivity contribution >= 4 is 11.0 Å². The second-order valence-corrected chi connectivity index (χ2v) is 5.64. The lowest BCUT2D eigenvalue weighted by molar-refractivity contribution is 0.301. The molecule has 0 radical (unpaired) electrons. The third-order valence-electron chi connectivity index (χ3n) is 4.22. The van der Waals surface area contributed by atoms with Gasteiger partial charge >= 0.3 is 5.63 Å². The predicted octanol–water partition coefficient (Wildman–Crippen LogP) is 4.01. The highest BCUT2D eigenvalue weighted by molar-refractivity contribution is 6.02. The molecule has 2 aromatic heterocycles. The molecule has 0 aliphatic carbocycles. The van der Waals surface area contributed by atoms with E-state index in [1.54, 1.807) is 6.26 Å². The van der Waals surface area contributed by atoms with Crippen molar-refractivity contribution < 1.29 is 13.7 Å². The standard InChI is InChI=1S/C19H11NO4/c21-16-8-14(11-4-2-1-3-5-11)13-6-7-15-17(19(13)24-16)18-12(9-22-15)10-23-20-18/h1-8,10H,9H2. The van der Waals surface area contributed by atoms with Crippen LogP contribution in [-0.4, -0.2) is 5.16 Å². The first kappa shape index (κ1) is 13.1. The van der Waals surface area contributed by atoms with Crippen molar-refractivity contribution in [1.82, 2.24) is 5.16 Å². The SMILES string of the molecule is O=c1cc(-c2ccccc2)c2ccc3c(c2o1)-c1nocc1CO3. The van der Waals surface area contributed by atoms with E-state index in [4.69, 9.17) is 13.7 Å². The number of nitrogens with zero attached hydrogens (tertiary/aromatic N) is 1. The maximum Gasteiger partial charge on any atom is 0.336 e. The number of benzene rings is 2. The van der Waals surface area contributed by atoms with E-state index in [9.17, 15) is 4.79 Å². The van der Waals surface area contributed by atoms with Gasteiger partial charge in [0.2, 0.25) is 0 Å². The average Bonchev–Trinajstić information content (AvgIpc) is 3.10. The van der Waals surface area contributed by atoms with Crippen LogP contribution in [0.3, 0.4) is 0 Å². The fourth-order valence-electron chi connectivity index (χ4n) is 3.13. The molecular formula is C19H11NO4. The van der Waals surface area contributed by atoms with E-state index in [0.717, 1.165) is 22.1 Å². The lowest BCUT2D eigenvalue weighted by Crippen LogP contribution is -2.06. The highest BCUT2D eigenvalue weighted by Crippen LogP contribution is 2.43. The molecule has 5 heteroatoms. The average molecular weight is 317 g/mol. The summed E-state index contributed by atoms with van der Waals surface area (Å²) in [7, 11) is 0. The number of hydrogen-bond acceptors (Lipinski definition) is 5. The normalized spacial score (nSPS) is 12.5. The minimum absolute atomic E-state index is 0.389. The van der Waals surface area contributed by atoms with Crippen LogP contribution in [0.5, 0.6) is 5.75 Å². The van der Waals surface area contributed by atoms with Crippen LogP contribution >= 0.6 is 0 Å². The molecule has 24 heavy (non-hydrogen) atoms. The number of hydrogen-bond donors (Lipinski definition) is 0. The summed E-state index contributed by atoms with van der Waals surface area (Å²) in [6, 6.07) is 15.0. The smallest absolute Gasteiger partial charge is 0.336 e. The molecule has 4 aromatic rings. The lowest BCUT2D eigenvalue weighted by atomic mass is 9.97. The van der Waals surface area contributed by atoms with Crippen LogP contribution in [0.25, 0.3) is 33.4 Å². The Bertz CT molecular complexity index is 1130. The van der Waals surface area contributed by atoms with Gasteiger partial charge in [-0.3, -0.25) is 0 Å². The van der Waals surface area contributed by atoms with E-state index < -0.39 is 5.63 Å². The zero-order chi connectivity index (χ0) is 16.1. The second kappa shape index (κ2) is 4.83. The summed E-state index contributed by atoms with van der Waals surface area (Å²) >= 11 is 0. The number of ether oxygens (including phenoxy) is 1. The Labute approximate surface area is 136 Å². The number of fused-ring (bicyclic) bond motifs is 5. The van der Waals surface area contributed by atoms with E-state index >= 15 is 0 Å². The van der Waals surface area contributed by atoms with Gasteiger partial charge in [-0.15, -0.1) is 0 Å². The molecular weight excluding hydrogens is 306 g/mol. The van der Waals surface area contributed by atoms with Gasteiger partial charge in [0.15, 0.2) is 5.58 Å². The molecule has 1 aliphatic heterocycles. The van der Waals surface area contributed by atoms with Gasteiger partial charge in [-0.1, -0.05) is 35.5 Å². The van der Waals surface area contributed by atoms with Crippen molar-refractivity contribution in [1.29, 1.82) is 0 Å². The molecule has 5 rings (SSSR count). The van der Waals surface area contributed by atoms with Crippen LogP contribution < -0.4 is 10.4 Å². The van der Waals surface area contributed by atoms with Gasteiger partial charge in [0.1, 0.15) is 24.3 Å². The topological polar surface area (TPSA) is 65.5 Å². The van der Waals surface area contributed by atoms with Crippen molar-refractivity contribution in [2.75, 3.05) is 0 Å². The van der Waals surface area contributed by atoms with Gasteiger partial charge in [0.05, 0.1) is 11.1 Å². The summed E-state index contributed by atoms with van der Waals surface area (Å²) in [4.78, 5) is 12.2. The summed E-state index contributed by atoms with van der Waals surface area (Å²) in [6.45, 7) is 0.389. The largest absolute Gasteiger partial charge is 0.488 e. The van der Waals surface area contributed by atoms with Crippen molar-refractivity contribution in [3.63, 3.8) is 0 Å². The first-order chi connectivity index (χ1) is 11.8. The Morgan fingerprint density at radius 3 is 2.79 bits per heavy atom. The molecule has 5 nitrogen and oxygen atoms in total. The molecule has 0 unspecified atom stereocenters. The molecule has 1 aliphatic rings. The van der Waals surface area contributed by atoms with E-state index in [0.29, 0.717) is 29.2 Å². The van der Waals surface area contributed by atoms with Crippen molar-refractivity contribution in [3.8, 4) is 28.1 Å². The zero-order valence-electron chi connectivity index (χ0n) is 12.5. The van der Waals surface area contributed by atoms with Crippen LogP contribution in [0.2, 0.25) is 0 Å². The van der Waals surface area contributed by atoms with Crippen molar-refractivity contribution in [2.24, 2.45) is 0 Å². The molecule has 2 aromatic carbocycles. The Balaban J connectivity index is 1.91. The summed E-state index contributed by atoms with van der Waals surface area (Å²) in [5.74, 6) is 0.636. The molecule has 3 heterocycles. The van der Waals surface area contributed by atoms with Crippen LogP contribution in [-0.2, 0) is 6.61 Å². The predicted molar refractivity (Wildman–Crippen MR) is 87.7 cm³/mol. The minimum Gasteiger partial charge on any atom is -0.488 e. The van der Waals surface area contributed by atoms with Gasteiger partial charge in [-0.2, -0.15) is 0 Å². The number of rotatable bonds is 1. The first-order valence-corrected chi connectivity index (χ1v) is 7.54. The van der Waals surface area contributed by atoms with E-state index in [-0.39, 0.29) is 0 Å². The molecule has 0 N–H and O–H groups in total. The third kappa shape index (κ3) is 1.81. The van der Waals surface area contributed by atoms with Crippen LogP contribution in [0.15, 0.2) is 68.5 Å². The first-order valence-electron chi connectivity index (χ1n) is 7.54. The van der Waals surface area contributed by atoms with Gasteiger partial charge in [-0.25, -0.2) is 4.79 Å². The fourth-order valence-corrected chi connectivity index (χ4v) is 3.13. The maximum absolute atomic E-state index is 12.2. The zero-order valence-corrected chi connectivity index (χ0v) is 12.5. The van der Waals surface area contributed by atoms with E-state index in [2.05, 4.69) is 5.16 Å². The summed E-state index contributed by atoms with van der Waals surface area (Å²) < 4.78 is 16.3. The third-order valence-corrected chi connectivity index (χ3v) is 4.22. The highest BCUT2D eigenvalue weighted by atomic mass is 16.5. The Hall–Kier alpha value is -3.34. The molecule has 0 saturated carbocycles. The summed E-state index contributed by atoms with van der Waals surface area (Å²) in [6.07, 6.45) is 1.55. The lowest BCUT2D eigenvalue weighted by Gasteiger charge is -2.17. The minimum atomic E-state index is -0.412. The Kier molecular flexibility index (Phi) is 2.64. The quantitative estimate of drug-likeness (QED) is 0.496. The fraction of sp³-hybridized carbons (Fsp3) is 0.0526. The molecule has 0 amide bonds. The monoisotopic (exact) mass is 317 g/mol. The van der Waals surface area contributed by atoms with Crippen LogP contribution in [0, 0.1) is 0 Å². The van der Waals surface area contributed by atoms with E-state index in [1.165, 1.54) is 6.07 Å². The summed E-state index contributed by atoms with van der Waals surface area (Å²) in [5, 5.41) is 4.90. The Morgan fingerprint density at radius 1 is 1.04 bits per heavy atom. The van der Waals surface area contributed by atoms with Gasteiger partial charge in [0, 0.05) is 11.5 Å². The molecule has 0 saturated heterocycles. The molecule has 0 bridgehead atoms. The molecule has 116 valence electrons. The molecule has 0 fully saturated rings.